The number of pyridine rings is 1. The molecular formula is C27H17N3O2. The zero-order chi connectivity index (χ0) is 21.5. The summed E-state index contributed by atoms with van der Waals surface area (Å²) in [7, 11) is 0. The van der Waals surface area contributed by atoms with Gasteiger partial charge in [0, 0.05) is 27.7 Å². The molecule has 0 saturated heterocycles. The average molecular weight is 415 g/mol. The van der Waals surface area contributed by atoms with Gasteiger partial charge in [-0.15, -0.1) is 0 Å². The second kappa shape index (κ2) is 7.32. The van der Waals surface area contributed by atoms with Crippen LogP contribution in [0.2, 0.25) is 0 Å². The SMILES string of the molecule is O=c1cncc2c1ccc1c3cc4ccccc4oc3ccc21.c1ccc2[nH]cnc2c1. The molecule has 0 aliphatic carbocycles. The van der Waals surface area contributed by atoms with Gasteiger partial charge in [-0.3, -0.25) is 9.78 Å². The molecule has 0 aliphatic heterocycles. The minimum atomic E-state index is -0.0484. The Labute approximate surface area is 182 Å². The molecule has 0 bridgehead atoms. The number of aromatic amines is 1. The van der Waals surface area contributed by atoms with Crippen LogP contribution in [0.1, 0.15) is 0 Å². The van der Waals surface area contributed by atoms with Crippen LogP contribution in [0.15, 0.2) is 107 Å². The normalized spacial score (nSPS) is 11.2. The van der Waals surface area contributed by atoms with Crippen LogP contribution in [0.25, 0.3) is 54.5 Å². The van der Waals surface area contributed by atoms with Crippen molar-refractivity contribution in [3.63, 3.8) is 0 Å². The second-order valence-corrected chi connectivity index (χ2v) is 7.57. The van der Waals surface area contributed by atoms with Crippen molar-refractivity contribution in [2.45, 2.75) is 0 Å². The molecule has 0 atom stereocenters. The Kier molecular flexibility index (Phi) is 4.18. The fourth-order valence-corrected chi connectivity index (χ4v) is 4.12. The molecule has 0 saturated carbocycles. The summed E-state index contributed by atoms with van der Waals surface area (Å²) in [6, 6.07) is 25.9. The topological polar surface area (TPSA) is 71.8 Å². The van der Waals surface area contributed by atoms with Gasteiger partial charge in [0.15, 0.2) is 0 Å². The molecule has 0 fully saturated rings. The van der Waals surface area contributed by atoms with Gasteiger partial charge in [-0.05, 0) is 53.2 Å². The lowest BCUT2D eigenvalue weighted by molar-refractivity contribution is 0.661. The Hall–Kier alpha value is -4.51. The van der Waals surface area contributed by atoms with Crippen LogP contribution < -0.4 is 5.43 Å². The number of rotatable bonds is 0. The van der Waals surface area contributed by atoms with Crippen LogP contribution in [-0.4, -0.2) is 15.0 Å². The summed E-state index contributed by atoms with van der Waals surface area (Å²) in [6.07, 6.45) is 4.81. The Bertz CT molecular complexity index is 1790. The Morgan fingerprint density at radius 1 is 0.688 bits per heavy atom. The van der Waals surface area contributed by atoms with Crippen molar-refractivity contribution in [3.05, 3.63) is 108 Å². The minimum Gasteiger partial charge on any atom is -0.456 e. The molecular weight excluding hydrogens is 398 g/mol. The van der Waals surface area contributed by atoms with E-state index in [0.29, 0.717) is 5.39 Å². The number of hydrogen-bond donors (Lipinski definition) is 1. The number of nitrogens with zero attached hydrogens (tertiary/aromatic N) is 2. The van der Waals surface area contributed by atoms with Crippen LogP contribution in [0.5, 0.6) is 0 Å². The van der Waals surface area contributed by atoms with Crippen molar-refractivity contribution < 1.29 is 4.42 Å². The highest BCUT2D eigenvalue weighted by Gasteiger charge is 2.09. The molecule has 152 valence electrons. The molecule has 32 heavy (non-hydrogen) atoms. The molecule has 5 heteroatoms. The molecule has 1 N–H and O–H groups in total. The lowest BCUT2D eigenvalue weighted by Crippen LogP contribution is -2.00. The highest BCUT2D eigenvalue weighted by atomic mass is 16.3. The monoisotopic (exact) mass is 415 g/mol. The van der Waals surface area contributed by atoms with Gasteiger partial charge in [0.25, 0.3) is 0 Å². The quantitative estimate of drug-likeness (QED) is 0.236. The van der Waals surface area contributed by atoms with Gasteiger partial charge in [-0.1, -0.05) is 36.4 Å². The fraction of sp³-hybridized carbons (Fsp3) is 0. The van der Waals surface area contributed by atoms with E-state index in [-0.39, 0.29) is 5.43 Å². The van der Waals surface area contributed by atoms with E-state index in [4.69, 9.17) is 4.42 Å². The molecule has 3 heterocycles. The van der Waals surface area contributed by atoms with Crippen LogP contribution in [0, 0.1) is 0 Å². The van der Waals surface area contributed by atoms with Crippen molar-refractivity contribution in [1.82, 2.24) is 15.0 Å². The summed E-state index contributed by atoms with van der Waals surface area (Å²) in [6.45, 7) is 0. The van der Waals surface area contributed by atoms with Crippen molar-refractivity contribution in [1.29, 1.82) is 0 Å². The molecule has 5 nitrogen and oxygen atoms in total. The third kappa shape index (κ3) is 2.99. The zero-order valence-corrected chi connectivity index (χ0v) is 16.9. The Morgan fingerprint density at radius 2 is 1.47 bits per heavy atom. The van der Waals surface area contributed by atoms with Crippen LogP contribution in [-0.2, 0) is 0 Å². The van der Waals surface area contributed by atoms with Crippen molar-refractivity contribution in [3.8, 4) is 0 Å². The number of H-pyrrole nitrogens is 1. The van der Waals surface area contributed by atoms with Crippen molar-refractivity contribution in [2.75, 3.05) is 0 Å². The van der Waals surface area contributed by atoms with Crippen LogP contribution in [0.3, 0.4) is 0 Å². The molecule has 7 aromatic rings. The number of fused-ring (bicyclic) bond motifs is 7. The van der Waals surface area contributed by atoms with Gasteiger partial charge in [0.05, 0.1) is 23.6 Å². The number of aromatic nitrogens is 3. The maximum absolute atomic E-state index is 12.0. The number of benzene rings is 4. The highest BCUT2D eigenvalue weighted by Crippen LogP contribution is 2.32. The number of nitrogens with one attached hydrogen (secondary N) is 1. The molecule has 0 amide bonds. The van der Waals surface area contributed by atoms with E-state index in [1.807, 2.05) is 72.8 Å². The summed E-state index contributed by atoms with van der Waals surface area (Å²) in [5, 5.41) is 5.76. The van der Waals surface area contributed by atoms with Gasteiger partial charge in [0.1, 0.15) is 11.2 Å². The van der Waals surface area contributed by atoms with E-state index in [2.05, 4.69) is 21.0 Å². The van der Waals surface area contributed by atoms with Crippen LogP contribution >= 0.6 is 0 Å². The summed E-state index contributed by atoms with van der Waals surface area (Å²) < 4.78 is 6.01. The lowest BCUT2D eigenvalue weighted by atomic mass is 10.00. The Morgan fingerprint density at radius 3 is 2.41 bits per heavy atom. The summed E-state index contributed by atoms with van der Waals surface area (Å²) in [4.78, 5) is 23.1. The average Bonchev–Trinajstić information content (AvgIpc) is 3.32. The van der Waals surface area contributed by atoms with E-state index in [9.17, 15) is 4.79 Å². The highest BCUT2D eigenvalue weighted by molar-refractivity contribution is 6.17. The maximum atomic E-state index is 12.0. The second-order valence-electron chi connectivity index (χ2n) is 7.57. The van der Waals surface area contributed by atoms with Gasteiger partial charge in [-0.25, -0.2) is 4.98 Å². The van der Waals surface area contributed by atoms with Crippen LogP contribution in [0.4, 0.5) is 0 Å². The van der Waals surface area contributed by atoms with Gasteiger partial charge >= 0.3 is 0 Å². The molecule has 0 radical (unpaired) electrons. The van der Waals surface area contributed by atoms with E-state index >= 15 is 0 Å². The van der Waals surface area contributed by atoms with E-state index in [1.54, 1.807) is 12.5 Å². The smallest absolute Gasteiger partial charge is 0.204 e. The van der Waals surface area contributed by atoms with Gasteiger partial charge < -0.3 is 9.40 Å². The summed E-state index contributed by atoms with van der Waals surface area (Å²) in [5.74, 6) is 0. The standard InChI is InChI=1S/C20H11NO2.C7H6N2/c22-18-11-21-10-17-14-7-8-20-16(13(14)5-6-15(17)18)9-12-3-1-2-4-19(12)23-20;1-2-4-7-6(3-1)8-5-9-7/h1-11H;1-5H,(H,8,9). The zero-order valence-electron chi connectivity index (χ0n) is 16.9. The Balaban J connectivity index is 0.000000182. The van der Waals surface area contributed by atoms with Gasteiger partial charge in [-0.2, -0.15) is 0 Å². The third-order valence-corrected chi connectivity index (χ3v) is 5.67. The predicted molar refractivity (Wildman–Crippen MR) is 129 cm³/mol. The largest absolute Gasteiger partial charge is 0.456 e. The van der Waals surface area contributed by atoms with E-state index in [1.165, 1.54) is 6.20 Å². The van der Waals surface area contributed by atoms with E-state index < -0.39 is 0 Å². The first kappa shape index (κ1) is 18.3. The predicted octanol–water partition coefficient (Wildman–Crippen LogP) is 6.21. The van der Waals surface area contributed by atoms with Crippen molar-refractivity contribution >= 4 is 54.5 Å². The minimum absolute atomic E-state index is 0.0484. The number of para-hydroxylation sites is 3. The lowest BCUT2D eigenvalue weighted by Gasteiger charge is -2.07. The number of hydrogen-bond acceptors (Lipinski definition) is 4. The first-order valence-electron chi connectivity index (χ1n) is 10.3. The summed E-state index contributed by atoms with van der Waals surface area (Å²) in [5.41, 5.74) is 3.77. The number of imidazole rings is 1. The molecule has 4 aromatic carbocycles. The first-order chi connectivity index (χ1) is 15.8. The summed E-state index contributed by atoms with van der Waals surface area (Å²) >= 11 is 0. The van der Waals surface area contributed by atoms with Crippen molar-refractivity contribution in [2.24, 2.45) is 0 Å². The third-order valence-electron chi connectivity index (χ3n) is 5.67. The van der Waals surface area contributed by atoms with Gasteiger partial charge in [0.2, 0.25) is 5.43 Å². The molecule has 0 aliphatic rings. The van der Waals surface area contributed by atoms with E-state index in [0.717, 1.165) is 49.1 Å². The maximum Gasteiger partial charge on any atom is 0.204 e. The molecule has 0 spiro atoms. The fourth-order valence-electron chi connectivity index (χ4n) is 4.12. The molecule has 7 rings (SSSR count). The molecule has 0 unspecified atom stereocenters. The first-order valence-corrected chi connectivity index (χ1v) is 10.3. The molecule has 3 aromatic heterocycles.